The van der Waals surface area contributed by atoms with E-state index in [4.69, 9.17) is 4.74 Å². The van der Waals surface area contributed by atoms with Crippen molar-refractivity contribution < 1.29 is 9.84 Å². The third kappa shape index (κ3) is 2.49. The number of aryl methyl sites for hydroxylation is 2. The maximum atomic E-state index is 9.81. The molecule has 0 aliphatic carbocycles. The first-order valence-electron chi connectivity index (χ1n) is 7.30. The molecule has 3 heteroatoms. The van der Waals surface area contributed by atoms with E-state index in [-0.39, 0.29) is 6.04 Å². The summed E-state index contributed by atoms with van der Waals surface area (Å²) in [5, 5.41) is 13.4. The summed E-state index contributed by atoms with van der Waals surface area (Å²) in [4.78, 5) is 0. The number of fused-ring (bicyclic) bond motifs is 1. The fourth-order valence-electron chi connectivity index (χ4n) is 3.16. The number of ether oxygens (including phenoxy) is 1. The molecular formula is C18H21NO2. The summed E-state index contributed by atoms with van der Waals surface area (Å²) in [7, 11) is 1.70. The van der Waals surface area contributed by atoms with Gasteiger partial charge in [0.25, 0.3) is 0 Å². The standard InChI is InChI=1S/C18H21NO2/c1-11-9-17(21-3)12(2)8-15(11)18-16-10-14(20)5-4-13(16)6-7-19-18/h4-5,8-10,18-20H,6-7H2,1-3H3. The molecule has 0 amide bonds. The maximum absolute atomic E-state index is 9.81. The van der Waals surface area contributed by atoms with Crippen LogP contribution in [0.3, 0.4) is 0 Å². The second kappa shape index (κ2) is 5.41. The number of benzene rings is 2. The van der Waals surface area contributed by atoms with E-state index >= 15 is 0 Å². The van der Waals surface area contributed by atoms with Gasteiger partial charge in [0.2, 0.25) is 0 Å². The number of hydrogen-bond acceptors (Lipinski definition) is 3. The van der Waals surface area contributed by atoms with E-state index in [1.54, 1.807) is 13.2 Å². The van der Waals surface area contributed by atoms with Crippen LogP contribution in [0.5, 0.6) is 11.5 Å². The molecule has 0 bridgehead atoms. The SMILES string of the molecule is COc1cc(C)c(C2NCCc3ccc(O)cc32)cc1C. The van der Waals surface area contributed by atoms with Crippen LogP contribution < -0.4 is 10.1 Å². The molecule has 3 rings (SSSR count). The maximum Gasteiger partial charge on any atom is 0.122 e. The Morgan fingerprint density at radius 1 is 1.10 bits per heavy atom. The van der Waals surface area contributed by atoms with Gasteiger partial charge < -0.3 is 15.2 Å². The zero-order chi connectivity index (χ0) is 15.0. The van der Waals surface area contributed by atoms with Crippen LogP contribution in [0, 0.1) is 13.8 Å². The Hall–Kier alpha value is -2.00. The van der Waals surface area contributed by atoms with Crippen LogP contribution in [-0.2, 0) is 6.42 Å². The summed E-state index contributed by atoms with van der Waals surface area (Å²) < 4.78 is 5.40. The second-order valence-electron chi connectivity index (χ2n) is 5.70. The Labute approximate surface area is 125 Å². The average Bonchev–Trinajstić information content (AvgIpc) is 2.48. The van der Waals surface area contributed by atoms with E-state index in [2.05, 4.69) is 31.3 Å². The van der Waals surface area contributed by atoms with Crippen molar-refractivity contribution in [1.82, 2.24) is 5.32 Å². The van der Waals surface area contributed by atoms with Gasteiger partial charge in [-0.15, -0.1) is 0 Å². The molecule has 1 unspecified atom stereocenters. The number of hydrogen-bond donors (Lipinski definition) is 2. The van der Waals surface area contributed by atoms with Crippen LogP contribution in [0.25, 0.3) is 0 Å². The topological polar surface area (TPSA) is 41.5 Å². The Balaban J connectivity index is 2.11. The summed E-state index contributed by atoms with van der Waals surface area (Å²) in [5.41, 5.74) is 6.07. The first-order chi connectivity index (χ1) is 10.1. The number of nitrogens with one attached hydrogen (secondary N) is 1. The van der Waals surface area contributed by atoms with Gasteiger partial charge in [0.05, 0.1) is 13.2 Å². The highest BCUT2D eigenvalue weighted by molar-refractivity contribution is 5.49. The zero-order valence-corrected chi connectivity index (χ0v) is 12.7. The largest absolute Gasteiger partial charge is 0.508 e. The lowest BCUT2D eigenvalue weighted by atomic mass is 9.87. The van der Waals surface area contributed by atoms with Crippen molar-refractivity contribution in [2.45, 2.75) is 26.3 Å². The van der Waals surface area contributed by atoms with E-state index in [1.807, 2.05) is 12.1 Å². The molecule has 1 aliphatic heterocycles. The predicted molar refractivity (Wildman–Crippen MR) is 84.1 cm³/mol. The van der Waals surface area contributed by atoms with E-state index in [1.165, 1.54) is 22.3 Å². The molecule has 0 fully saturated rings. The van der Waals surface area contributed by atoms with Crippen molar-refractivity contribution in [3.63, 3.8) is 0 Å². The molecule has 0 aromatic heterocycles. The summed E-state index contributed by atoms with van der Waals surface area (Å²) in [6.07, 6.45) is 1.00. The first-order valence-corrected chi connectivity index (χ1v) is 7.30. The summed E-state index contributed by atoms with van der Waals surface area (Å²) >= 11 is 0. The van der Waals surface area contributed by atoms with Gasteiger partial charge in [-0.3, -0.25) is 0 Å². The van der Waals surface area contributed by atoms with Gasteiger partial charge >= 0.3 is 0 Å². The normalized spacial score (nSPS) is 17.4. The summed E-state index contributed by atoms with van der Waals surface area (Å²) in [6.45, 7) is 5.12. The lowest BCUT2D eigenvalue weighted by Gasteiger charge is -2.29. The van der Waals surface area contributed by atoms with Crippen molar-refractivity contribution in [3.05, 3.63) is 58.1 Å². The zero-order valence-electron chi connectivity index (χ0n) is 12.7. The van der Waals surface area contributed by atoms with E-state index in [9.17, 15) is 5.11 Å². The van der Waals surface area contributed by atoms with Gasteiger partial charge in [0.15, 0.2) is 0 Å². The van der Waals surface area contributed by atoms with Gasteiger partial charge in [-0.05, 0) is 66.3 Å². The molecule has 2 aromatic rings. The Kier molecular flexibility index (Phi) is 3.60. The molecular weight excluding hydrogens is 262 g/mol. The number of phenolic OH excluding ortho intramolecular Hbond substituents is 1. The summed E-state index contributed by atoms with van der Waals surface area (Å²) in [5.74, 6) is 1.24. The molecule has 2 N–H and O–H groups in total. The van der Waals surface area contributed by atoms with Crippen LogP contribution in [0.1, 0.15) is 33.9 Å². The highest BCUT2D eigenvalue weighted by Crippen LogP contribution is 2.35. The molecule has 1 atom stereocenters. The lowest BCUT2D eigenvalue weighted by Crippen LogP contribution is -2.31. The van der Waals surface area contributed by atoms with Crippen LogP contribution in [0.2, 0.25) is 0 Å². The van der Waals surface area contributed by atoms with Crippen molar-refractivity contribution in [1.29, 1.82) is 0 Å². The van der Waals surface area contributed by atoms with Crippen molar-refractivity contribution in [2.75, 3.05) is 13.7 Å². The van der Waals surface area contributed by atoms with Gasteiger partial charge in [-0.2, -0.15) is 0 Å². The predicted octanol–water partition coefficient (Wildman–Crippen LogP) is 3.25. The minimum Gasteiger partial charge on any atom is -0.508 e. The fourth-order valence-corrected chi connectivity index (χ4v) is 3.16. The summed E-state index contributed by atoms with van der Waals surface area (Å²) in [6, 6.07) is 10.1. The highest BCUT2D eigenvalue weighted by Gasteiger charge is 2.23. The molecule has 0 radical (unpaired) electrons. The Morgan fingerprint density at radius 2 is 1.90 bits per heavy atom. The first kappa shape index (κ1) is 14.0. The molecule has 1 aliphatic rings. The quantitative estimate of drug-likeness (QED) is 0.889. The Bertz CT molecular complexity index is 679. The fraction of sp³-hybridized carbons (Fsp3) is 0.333. The molecule has 3 nitrogen and oxygen atoms in total. The van der Waals surface area contributed by atoms with Gasteiger partial charge in [-0.1, -0.05) is 12.1 Å². The van der Waals surface area contributed by atoms with E-state index < -0.39 is 0 Å². The van der Waals surface area contributed by atoms with Crippen molar-refractivity contribution in [3.8, 4) is 11.5 Å². The van der Waals surface area contributed by atoms with E-state index in [0.29, 0.717) is 5.75 Å². The molecule has 0 saturated heterocycles. The monoisotopic (exact) mass is 283 g/mol. The van der Waals surface area contributed by atoms with E-state index in [0.717, 1.165) is 24.3 Å². The van der Waals surface area contributed by atoms with Crippen LogP contribution in [0.4, 0.5) is 0 Å². The third-order valence-corrected chi connectivity index (χ3v) is 4.28. The number of methoxy groups -OCH3 is 1. The minimum absolute atomic E-state index is 0.130. The molecule has 1 heterocycles. The van der Waals surface area contributed by atoms with Gasteiger partial charge in [-0.25, -0.2) is 0 Å². The number of phenols is 1. The average molecular weight is 283 g/mol. The molecule has 110 valence electrons. The number of aromatic hydroxyl groups is 1. The second-order valence-corrected chi connectivity index (χ2v) is 5.70. The van der Waals surface area contributed by atoms with Crippen LogP contribution in [-0.4, -0.2) is 18.8 Å². The molecule has 2 aromatic carbocycles. The molecule has 0 saturated carbocycles. The van der Waals surface area contributed by atoms with Crippen molar-refractivity contribution >= 4 is 0 Å². The lowest BCUT2D eigenvalue weighted by molar-refractivity contribution is 0.411. The van der Waals surface area contributed by atoms with Crippen LogP contribution >= 0.6 is 0 Å². The molecule has 0 spiro atoms. The van der Waals surface area contributed by atoms with Gasteiger partial charge in [0, 0.05) is 6.54 Å². The van der Waals surface area contributed by atoms with Crippen molar-refractivity contribution in [2.24, 2.45) is 0 Å². The third-order valence-electron chi connectivity index (χ3n) is 4.28. The van der Waals surface area contributed by atoms with Crippen LogP contribution in [0.15, 0.2) is 30.3 Å². The molecule has 21 heavy (non-hydrogen) atoms. The van der Waals surface area contributed by atoms with Gasteiger partial charge in [0.1, 0.15) is 11.5 Å². The Morgan fingerprint density at radius 3 is 2.67 bits per heavy atom. The highest BCUT2D eigenvalue weighted by atomic mass is 16.5. The minimum atomic E-state index is 0.130. The smallest absolute Gasteiger partial charge is 0.122 e. The number of rotatable bonds is 2.